The van der Waals surface area contributed by atoms with E-state index in [1.54, 1.807) is 0 Å². The number of halogens is 3. The third-order valence-corrected chi connectivity index (χ3v) is 2.91. The van der Waals surface area contributed by atoms with Crippen LogP contribution >= 0.6 is 43.5 Å². The smallest absolute Gasteiger partial charge is 0.0349 e. The second-order valence-corrected chi connectivity index (χ2v) is 3.98. The molecule has 50 valence electrons. The summed E-state index contributed by atoms with van der Waals surface area (Å²) in [6.45, 7) is 0. The van der Waals surface area contributed by atoms with Crippen molar-refractivity contribution in [3.8, 4) is 0 Å². The van der Waals surface area contributed by atoms with Gasteiger partial charge in [-0.2, -0.15) is 0 Å². The highest BCUT2D eigenvalue weighted by atomic mass is 79.9. The topological polar surface area (TPSA) is 0 Å². The molecule has 0 fully saturated rings. The molecule has 0 N–H and O–H groups in total. The molecule has 0 aromatic heterocycles. The minimum absolute atomic E-state index is 0.502. The molecule has 0 amide bonds. The van der Waals surface area contributed by atoms with Crippen molar-refractivity contribution in [2.24, 2.45) is 0 Å². The molecule has 3 heteroatoms. The largest absolute Gasteiger partial charge is 0.126 e. The molecule has 0 radical (unpaired) electrons. The predicted molar refractivity (Wildman–Crippen MR) is 46.5 cm³/mol. The van der Waals surface area contributed by atoms with Crippen molar-refractivity contribution < 1.29 is 0 Å². The normalized spacial score (nSPS) is 13.9. The molecule has 0 saturated heterocycles. The van der Waals surface area contributed by atoms with Crippen LogP contribution in [0.1, 0.15) is 12.8 Å². The highest BCUT2D eigenvalue weighted by Crippen LogP contribution is 2.10. The van der Waals surface area contributed by atoms with E-state index in [0.29, 0.717) is 10.7 Å². The minimum Gasteiger partial charge on any atom is -0.126 e. The van der Waals surface area contributed by atoms with Crippen LogP contribution in [0, 0.1) is 0 Å². The number of rotatable bonds is 4. The molecule has 0 aliphatic carbocycles. The first kappa shape index (κ1) is 9.25. The Bertz CT molecular complexity index is 49.7. The SMILES string of the molecule is ClCC(Br)CCCBr. The molecule has 0 aliphatic rings. The standard InChI is InChI=1S/C5H9Br2Cl/c6-3-1-2-5(7)4-8/h5H,1-4H2. The van der Waals surface area contributed by atoms with Crippen molar-refractivity contribution in [2.75, 3.05) is 11.2 Å². The zero-order valence-corrected chi connectivity index (χ0v) is 8.47. The number of alkyl halides is 3. The fraction of sp³-hybridized carbons (Fsp3) is 1.00. The average molecular weight is 264 g/mol. The second-order valence-electron chi connectivity index (χ2n) is 1.58. The molecule has 0 aliphatic heterocycles. The van der Waals surface area contributed by atoms with Crippen LogP contribution in [-0.2, 0) is 0 Å². The van der Waals surface area contributed by atoms with Gasteiger partial charge in [-0.1, -0.05) is 31.9 Å². The van der Waals surface area contributed by atoms with Gasteiger partial charge >= 0.3 is 0 Å². The molecule has 0 bridgehead atoms. The first-order chi connectivity index (χ1) is 3.81. The van der Waals surface area contributed by atoms with E-state index < -0.39 is 0 Å². The lowest BCUT2D eigenvalue weighted by Crippen LogP contribution is -1.98. The minimum atomic E-state index is 0.502. The van der Waals surface area contributed by atoms with Crippen LogP contribution in [0.3, 0.4) is 0 Å². The summed E-state index contributed by atoms with van der Waals surface area (Å²) >= 11 is 12.3. The maximum Gasteiger partial charge on any atom is 0.0349 e. The Labute approximate surface area is 72.2 Å². The predicted octanol–water partition coefficient (Wildman–Crippen LogP) is 3.16. The lowest BCUT2D eigenvalue weighted by Gasteiger charge is -2.00. The van der Waals surface area contributed by atoms with E-state index in [0.717, 1.165) is 11.8 Å². The van der Waals surface area contributed by atoms with Gasteiger partial charge in [-0.05, 0) is 12.8 Å². The van der Waals surface area contributed by atoms with E-state index in [9.17, 15) is 0 Å². The van der Waals surface area contributed by atoms with Gasteiger partial charge in [0.1, 0.15) is 0 Å². The van der Waals surface area contributed by atoms with Crippen molar-refractivity contribution in [3.63, 3.8) is 0 Å². The summed E-state index contributed by atoms with van der Waals surface area (Å²) in [6, 6.07) is 0. The molecular formula is C5H9Br2Cl. The van der Waals surface area contributed by atoms with Crippen LogP contribution in [0.5, 0.6) is 0 Å². The van der Waals surface area contributed by atoms with Crippen LogP contribution in [0.25, 0.3) is 0 Å². The molecule has 1 atom stereocenters. The molecule has 0 aromatic rings. The zero-order chi connectivity index (χ0) is 6.41. The summed E-state index contributed by atoms with van der Waals surface area (Å²) in [5, 5.41) is 1.08. The maximum atomic E-state index is 5.53. The van der Waals surface area contributed by atoms with E-state index in [-0.39, 0.29) is 0 Å². The van der Waals surface area contributed by atoms with Gasteiger partial charge in [0.15, 0.2) is 0 Å². The van der Waals surface area contributed by atoms with Crippen molar-refractivity contribution in [3.05, 3.63) is 0 Å². The molecule has 0 saturated carbocycles. The fourth-order valence-corrected chi connectivity index (χ4v) is 1.18. The van der Waals surface area contributed by atoms with E-state index >= 15 is 0 Å². The lowest BCUT2D eigenvalue weighted by molar-refractivity contribution is 0.811. The summed E-state index contributed by atoms with van der Waals surface area (Å²) in [5.41, 5.74) is 0. The highest BCUT2D eigenvalue weighted by molar-refractivity contribution is 9.09. The van der Waals surface area contributed by atoms with E-state index in [2.05, 4.69) is 31.9 Å². The van der Waals surface area contributed by atoms with Gasteiger partial charge in [0.25, 0.3) is 0 Å². The van der Waals surface area contributed by atoms with Crippen LogP contribution in [0.15, 0.2) is 0 Å². The Kier molecular flexibility index (Phi) is 7.37. The Hall–Kier alpha value is 1.25. The maximum absolute atomic E-state index is 5.53. The van der Waals surface area contributed by atoms with Crippen molar-refractivity contribution in [1.29, 1.82) is 0 Å². The molecule has 0 spiro atoms. The van der Waals surface area contributed by atoms with Gasteiger partial charge in [-0.25, -0.2) is 0 Å². The van der Waals surface area contributed by atoms with E-state index in [1.165, 1.54) is 6.42 Å². The van der Waals surface area contributed by atoms with Crippen molar-refractivity contribution >= 4 is 43.5 Å². The summed E-state index contributed by atoms with van der Waals surface area (Å²) in [4.78, 5) is 0.502. The van der Waals surface area contributed by atoms with Gasteiger partial charge < -0.3 is 0 Å². The monoisotopic (exact) mass is 262 g/mol. The van der Waals surface area contributed by atoms with Crippen molar-refractivity contribution in [2.45, 2.75) is 17.7 Å². The average Bonchev–Trinajstić information content (AvgIpc) is 1.83. The van der Waals surface area contributed by atoms with Crippen LogP contribution < -0.4 is 0 Å². The lowest BCUT2D eigenvalue weighted by atomic mass is 10.3. The highest BCUT2D eigenvalue weighted by Gasteiger charge is 1.98. The van der Waals surface area contributed by atoms with Crippen molar-refractivity contribution in [1.82, 2.24) is 0 Å². The molecule has 0 heterocycles. The molecule has 0 rings (SSSR count). The Balaban J connectivity index is 2.86. The molecule has 1 unspecified atom stereocenters. The van der Waals surface area contributed by atoms with Crippen LogP contribution in [-0.4, -0.2) is 16.0 Å². The van der Waals surface area contributed by atoms with E-state index in [1.807, 2.05) is 0 Å². The van der Waals surface area contributed by atoms with E-state index in [4.69, 9.17) is 11.6 Å². The summed E-state index contributed by atoms with van der Waals surface area (Å²) < 4.78 is 0. The molecule has 0 nitrogen and oxygen atoms in total. The summed E-state index contributed by atoms with van der Waals surface area (Å²) in [7, 11) is 0. The Morgan fingerprint density at radius 2 is 2.12 bits per heavy atom. The van der Waals surface area contributed by atoms with Crippen LogP contribution in [0.4, 0.5) is 0 Å². The zero-order valence-electron chi connectivity index (χ0n) is 4.54. The third kappa shape index (κ3) is 5.39. The second kappa shape index (κ2) is 6.37. The third-order valence-electron chi connectivity index (χ3n) is 0.818. The first-order valence-electron chi connectivity index (χ1n) is 2.57. The fourth-order valence-electron chi connectivity index (χ4n) is 0.376. The Morgan fingerprint density at radius 1 is 1.50 bits per heavy atom. The van der Waals surface area contributed by atoms with Crippen LogP contribution in [0.2, 0.25) is 0 Å². The quantitative estimate of drug-likeness (QED) is 0.684. The van der Waals surface area contributed by atoms with Gasteiger partial charge in [0.05, 0.1) is 0 Å². The first-order valence-corrected chi connectivity index (χ1v) is 5.14. The summed E-state index contributed by atoms with van der Waals surface area (Å²) in [5.74, 6) is 0.715. The summed E-state index contributed by atoms with van der Waals surface area (Å²) in [6.07, 6.45) is 2.36. The van der Waals surface area contributed by atoms with Gasteiger partial charge in [0.2, 0.25) is 0 Å². The molecule has 0 aromatic carbocycles. The van der Waals surface area contributed by atoms with Gasteiger partial charge in [0, 0.05) is 16.0 Å². The molecule has 8 heavy (non-hydrogen) atoms. The van der Waals surface area contributed by atoms with Gasteiger partial charge in [-0.15, -0.1) is 11.6 Å². The number of hydrogen-bond donors (Lipinski definition) is 0. The van der Waals surface area contributed by atoms with Gasteiger partial charge in [-0.3, -0.25) is 0 Å². The number of hydrogen-bond acceptors (Lipinski definition) is 0. The molecular weight excluding hydrogens is 255 g/mol. The Morgan fingerprint density at radius 3 is 2.50 bits per heavy atom.